The maximum absolute atomic E-state index is 11.8. The highest BCUT2D eigenvalue weighted by Gasteiger charge is 2.53. The van der Waals surface area contributed by atoms with Crippen molar-refractivity contribution < 1.29 is 24.6 Å². The molecule has 2 saturated heterocycles. The number of rotatable bonds is 1. The summed E-state index contributed by atoms with van der Waals surface area (Å²) < 4.78 is 0. The number of aliphatic carboxylic acids is 1. The number of piperidine rings is 1. The van der Waals surface area contributed by atoms with Crippen molar-refractivity contribution in [2.75, 3.05) is 13.1 Å². The van der Waals surface area contributed by atoms with E-state index in [0.29, 0.717) is 13.0 Å². The van der Waals surface area contributed by atoms with Crippen LogP contribution in [0.5, 0.6) is 0 Å². The Balaban J connectivity index is 2.26. The third kappa shape index (κ3) is 1.81. The number of nitrogens with one attached hydrogen (secondary N) is 1. The molecule has 94 valence electrons. The molecule has 2 unspecified atom stereocenters. The van der Waals surface area contributed by atoms with Crippen LogP contribution < -0.4 is 5.32 Å². The molecule has 2 rings (SSSR count). The first-order valence-electron chi connectivity index (χ1n) is 5.47. The molecule has 0 saturated carbocycles. The third-order valence-corrected chi connectivity index (χ3v) is 3.56. The summed E-state index contributed by atoms with van der Waals surface area (Å²) >= 11 is 0. The van der Waals surface area contributed by atoms with Gasteiger partial charge in [0, 0.05) is 13.1 Å². The second-order valence-electron chi connectivity index (χ2n) is 4.61. The van der Waals surface area contributed by atoms with E-state index in [9.17, 15) is 14.4 Å². The molecule has 3 N–H and O–H groups in total. The van der Waals surface area contributed by atoms with Crippen molar-refractivity contribution in [2.24, 2.45) is 5.41 Å². The van der Waals surface area contributed by atoms with Crippen molar-refractivity contribution in [3.63, 3.8) is 0 Å². The van der Waals surface area contributed by atoms with E-state index in [1.807, 2.05) is 0 Å². The fourth-order valence-electron chi connectivity index (χ4n) is 2.68. The van der Waals surface area contributed by atoms with E-state index in [1.165, 1.54) is 0 Å². The van der Waals surface area contributed by atoms with Crippen LogP contribution in [0.2, 0.25) is 0 Å². The average molecular weight is 242 g/mol. The molecule has 0 aromatic carbocycles. The summed E-state index contributed by atoms with van der Waals surface area (Å²) in [5, 5.41) is 20.6. The highest BCUT2D eigenvalue weighted by molar-refractivity contribution is 5.88. The number of hydrogen-bond donors (Lipinski definition) is 3. The standard InChI is InChI=1S/C10H14N2O5/c13-7(14)6-4-10(5-12(6)9(16)17)2-1-3-11-8(10)15/h6H,1-5H2,(H,11,15)(H,13,14)(H,16,17). The van der Waals surface area contributed by atoms with Crippen molar-refractivity contribution in [1.82, 2.24) is 10.2 Å². The van der Waals surface area contributed by atoms with Gasteiger partial charge >= 0.3 is 12.1 Å². The lowest BCUT2D eigenvalue weighted by molar-refractivity contribution is -0.141. The molecule has 2 aliphatic rings. The molecule has 7 nitrogen and oxygen atoms in total. The molecule has 2 amide bonds. The van der Waals surface area contributed by atoms with Crippen LogP contribution in [0.3, 0.4) is 0 Å². The van der Waals surface area contributed by atoms with Gasteiger partial charge in [0.2, 0.25) is 5.91 Å². The maximum atomic E-state index is 11.8. The summed E-state index contributed by atoms with van der Waals surface area (Å²) in [4.78, 5) is 34.7. The summed E-state index contributed by atoms with van der Waals surface area (Å²) in [7, 11) is 0. The van der Waals surface area contributed by atoms with Crippen molar-refractivity contribution >= 4 is 18.0 Å². The van der Waals surface area contributed by atoms with Gasteiger partial charge in [-0.15, -0.1) is 0 Å². The first kappa shape index (κ1) is 11.7. The van der Waals surface area contributed by atoms with Crippen LogP contribution in [0, 0.1) is 5.41 Å². The van der Waals surface area contributed by atoms with Crippen LogP contribution in [0.4, 0.5) is 4.79 Å². The molecule has 0 aliphatic carbocycles. The van der Waals surface area contributed by atoms with Crippen LogP contribution >= 0.6 is 0 Å². The highest BCUT2D eigenvalue weighted by atomic mass is 16.4. The molecule has 1 spiro atoms. The Morgan fingerprint density at radius 2 is 2.12 bits per heavy atom. The van der Waals surface area contributed by atoms with Gasteiger partial charge in [0.15, 0.2) is 0 Å². The SMILES string of the molecule is O=C(O)C1CC2(CCCNC2=O)CN1C(=O)O. The summed E-state index contributed by atoms with van der Waals surface area (Å²) in [6, 6.07) is -1.11. The molecule has 0 aromatic heterocycles. The van der Waals surface area contributed by atoms with Crippen LogP contribution in [-0.2, 0) is 9.59 Å². The molecule has 0 aromatic rings. The van der Waals surface area contributed by atoms with Gasteiger partial charge in [-0.25, -0.2) is 9.59 Å². The first-order chi connectivity index (χ1) is 7.96. The van der Waals surface area contributed by atoms with Gasteiger partial charge in [-0.05, 0) is 19.3 Å². The second kappa shape index (κ2) is 3.90. The molecule has 0 bridgehead atoms. The smallest absolute Gasteiger partial charge is 0.408 e. The Morgan fingerprint density at radius 1 is 1.41 bits per heavy atom. The minimum Gasteiger partial charge on any atom is -0.480 e. The van der Waals surface area contributed by atoms with E-state index in [-0.39, 0.29) is 18.9 Å². The van der Waals surface area contributed by atoms with Crippen LogP contribution in [-0.4, -0.2) is 52.2 Å². The Kier molecular flexibility index (Phi) is 2.68. The summed E-state index contributed by atoms with van der Waals surface area (Å²) in [5.74, 6) is -1.42. The zero-order chi connectivity index (χ0) is 12.6. The Labute approximate surface area is 97.4 Å². The monoisotopic (exact) mass is 242 g/mol. The van der Waals surface area contributed by atoms with Gasteiger partial charge in [-0.2, -0.15) is 0 Å². The molecule has 17 heavy (non-hydrogen) atoms. The Bertz CT molecular complexity index is 359. The van der Waals surface area contributed by atoms with Crippen molar-refractivity contribution in [1.29, 1.82) is 0 Å². The number of hydrogen-bond acceptors (Lipinski definition) is 3. The quantitative estimate of drug-likeness (QED) is 0.586. The predicted molar refractivity (Wildman–Crippen MR) is 55.4 cm³/mol. The molecule has 7 heteroatoms. The van der Waals surface area contributed by atoms with E-state index in [0.717, 1.165) is 11.3 Å². The van der Waals surface area contributed by atoms with Crippen LogP contribution in [0.25, 0.3) is 0 Å². The topological polar surface area (TPSA) is 107 Å². The number of carboxylic acid groups (broad SMARTS) is 2. The van der Waals surface area contributed by atoms with Gasteiger partial charge in [0.1, 0.15) is 6.04 Å². The number of likely N-dealkylation sites (tertiary alicyclic amines) is 1. The molecule has 0 radical (unpaired) electrons. The molecule has 2 fully saturated rings. The largest absolute Gasteiger partial charge is 0.480 e. The summed E-state index contributed by atoms with van der Waals surface area (Å²) in [5.41, 5.74) is -0.848. The maximum Gasteiger partial charge on any atom is 0.408 e. The lowest BCUT2D eigenvalue weighted by Gasteiger charge is -2.31. The average Bonchev–Trinajstić information content (AvgIpc) is 2.64. The van der Waals surface area contributed by atoms with Gasteiger partial charge in [0.05, 0.1) is 5.41 Å². The van der Waals surface area contributed by atoms with Gasteiger partial charge in [-0.1, -0.05) is 0 Å². The van der Waals surface area contributed by atoms with Crippen LogP contribution in [0.1, 0.15) is 19.3 Å². The minimum absolute atomic E-state index is 0.0227. The minimum atomic E-state index is -1.28. The normalized spacial score (nSPS) is 32.6. The fourth-order valence-corrected chi connectivity index (χ4v) is 2.68. The molecular weight excluding hydrogens is 228 g/mol. The van der Waals surface area contributed by atoms with Gasteiger partial charge < -0.3 is 15.5 Å². The van der Waals surface area contributed by atoms with E-state index in [2.05, 4.69) is 5.32 Å². The Hall–Kier alpha value is -1.79. The number of carbonyl (C=O) groups excluding carboxylic acids is 1. The molecule has 2 heterocycles. The number of nitrogens with zero attached hydrogens (tertiary/aromatic N) is 1. The van der Waals surface area contributed by atoms with Gasteiger partial charge in [-0.3, -0.25) is 9.69 Å². The van der Waals surface area contributed by atoms with Crippen molar-refractivity contribution in [2.45, 2.75) is 25.3 Å². The van der Waals surface area contributed by atoms with E-state index < -0.39 is 23.5 Å². The number of amides is 2. The summed E-state index contributed by atoms with van der Waals surface area (Å²) in [6.07, 6.45) is 0.0888. The molecular formula is C10H14N2O5. The number of carboxylic acids is 1. The number of carbonyl (C=O) groups is 3. The van der Waals surface area contributed by atoms with Crippen molar-refractivity contribution in [3.8, 4) is 0 Å². The molecule has 2 atom stereocenters. The van der Waals surface area contributed by atoms with Crippen molar-refractivity contribution in [3.05, 3.63) is 0 Å². The van der Waals surface area contributed by atoms with Gasteiger partial charge in [0.25, 0.3) is 0 Å². The van der Waals surface area contributed by atoms with Crippen LogP contribution in [0.15, 0.2) is 0 Å². The lowest BCUT2D eigenvalue weighted by Crippen LogP contribution is -2.47. The van der Waals surface area contributed by atoms with E-state index in [1.54, 1.807) is 0 Å². The van der Waals surface area contributed by atoms with E-state index >= 15 is 0 Å². The first-order valence-corrected chi connectivity index (χ1v) is 5.47. The lowest BCUT2D eigenvalue weighted by atomic mass is 9.78. The zero-order valence-corrected chi connectivity index (χ0v) is 9.18. The second-order valence-corrected chi connectivity index (χ2v) is 4.61. The fraction of sp³-hybridized carbons (Fsp3) is 0.700. The summed E-state index contributed by atoms with van der Waals surface area (Å²) in [6.45, 7) is 0.552. The van der Waals surface area contributed by atoms with E-state index in [4.69, 9.17) is 10.2 Å². The zero-order valence-electron chi connectivity index (χ0n) is 9.18. The highest BCUT2D eigenvalue weighted by Crippen LogP contribution is 2.40. The Morgan fingerprint density at radius 3 is 2.59 bits per heavy atom. The predicted octanol–water partition coefficient (Wildman–Crippen LogP) is -0.280. The third-order valence-electron chi connectivity index (χ3n) is 3.56. The molecule has 2 aliphatic heterocycles.